The van der Waals surface area contributed by atoms with Crippen molar-refractivity contribution in [3.8, 4) is 0 Å². The Hall–Kier alpha value is -2.41. The summed E-state index contributed by atoms with van der Waals surface area (Å²) in [5.41, 5.74) is 1.40. The number of amides is 3. The summed E-state index contributed by atoms with van der Waals surface area (Å²) >= 11 is 0. The van der Waals surface area contributed by atoms with Crippen molar-refractivity contribution in [2.45, 2.75) is 6.92 Å². The first kappa shape index (κ1) is 15.5. The molecule has 0 atom stereocenters. The summed E-state index contributed by atoms with van der Waals surface area (Å²) in [6.45, 7) is 4.49. The number of rotatable bonds is 2. The van der Waals surface area contributed by atoms with Gasteiger partial charge in [-0.05, 0) is 12.1 Å². The molecule has 0 radical (unpaired) electrons. The van der Waals surface area contributed by atoms with Gasteiger partial charge in [-0.1, -0.05) is 12.1 Å². The Morgan fingerprint density at radius 3 is 2.52 bits per heavy atom. The van der Waals surface area contributed by atoms with E-state index in [1.165, 1.54) is 4.90 Å². The number of para-hydroxylation sites is 2. The van der Waals surface area contributed by atoms with Gasteiger partial charge in [0.05, 0.1) is 17.9 Å². The van der Waals surface area contributed by atoms with Gasteiger partial charge in [0, 0.05) is 33.1 Å². The average Bonchev–Trinajstić information content (AvgIpc) is 2.54. The Kier molecular flexibility index (Phi) is 4.29. The van der Waals surface area contributed by atoms with E-state index in [0.717, 1.165) is 5.69 Å². The number of hydrogen-bond acceptors (Lipinski definition) is 4. The highest BCUT2D eigenvalue weighted by Crippen LogP contribution is 2.28. The van der Waals surface area contributed by atoms with Crippen molar-refractivity contribution in [2.75, 3.05) is 49.5 Å². The van der Waals surface area contributed by atoms with Crippen molar-refractivity contribution in [1.82, 2.24) is 9.80 Å². The summed E-state index contributed by atoms with van der Waals surface area (Å²) in [4.78, 5) is 41.1. The Morgan fingerprint density at radius 1 is 1.13 bits per heavy atom. The minimum atomic E-state index is -0.182. The molecule has 1 aromatic rings. The molecule has 1 fully saturated rings. The molecular weight excluding hydrogens is 296 g/mol. The summed E-state index contributed by atoms with van der Waals surface area (Å²) in [6.07, 6.45) is 0. The normalized spacial score (nSPS) is 18.4. The summed E-state index contributed by atoms with van der Waals surface area (Å²) in [5, 5.41) is 2.78. The molecule has 2 aliphatic heterocycles. The summed E-state index contributed by atoms with van der Waals surface area (Å²) in [7, 11) is 0. The molecule has 122 valence electrons. The van der Waals surface area contributed by atoms with Gasteiger partial charge in [-0.3, -0.25) is 24.2 Å². The minimum absolute atomic E-state index is 0.0449. The molecule has 1 N–H and O–H groups in total. The van der Waals surface area contributed by atoms with Gasteiger partial charge < -0.3 is 10.2 Å². The van der Waals surface area contributed by atoms with E-state index in [-0.39, 0.29) is 30.8 Å². The molecule has 1 saturated heterocycles. The lowest BCUT2D eigenvalue weighted by molar-refractivity contribution is -0.131. The number of fused-ring (bicyclic) bond motifs is 1. The fourth-order valence-electron chi connectivity index (χ4n) is 2.95. The van der Waals surface area contributed by atoms with Crippen LogP contribution in [0, 0.1) is 0 Å². The SMILES string of the molecule is CC(=O)N1CCN(CC(=O)N2CC(=O)Nc3ccccc32)CC1. The maximum atomic E-state index is 12.6. The third-order valence-corrected chi connectivity index (χ3v) is 4.25. The van der Waals surface area contributed by atoms with Crippen LogP contribution in [0.2, 0.25) is 0 Å². The molecule has 23 heavy (non-hydrogen) atoms. The van der Waals surface area contributed by atoms with E-state index >= 15 is 0 Å². The van der Waals surface area contributed by atoms with Gasteiger partial charge in [-0.25, -0.2) is 0 Å². The molecule has 1 aromatic carbocycles. The molecule has 0 bridgehead atoms. The first-order valence-electron chi connectivity index (χ1n) is 7.72. The van der Waals surface area contributed by atoms with Crippen LogP contribution >= 0.6 is 0 Å². The third kappa shape index (κ3) is 3.34. The number of piperazine rings is 1. The van der Waals surface area contributed by atoms with E-state index in [1.54, 1.807) is 17.9 Å². The number of nitrogens with one attached hydrogen (secondary N) is 1. The van der Waals surface area contributed by atoms with Crippen molar-refractivity contribution in [3.05, 3.63) is 24.3 Å². The van der Waals surface area contributed by atoms with Crippen LogP contribution < -0.4 is 10.2 Å². The Bertz CT molecular complexity index is 638. The topological polar surface area (TPSA) is 73.0 Å². The van der Waals surface area contributed by atoms with E-state index in [4.69, 9.17) is 0 Å². The molecule has 0 unspecified atom stereocenters. The molecule has 7 nitrogen and oxygen atoms in total. The zero-order chi connectivity index (χ0) is 16.4. The Labute approximate surface area is 134 Å². The molecular formula is C16H20N4O3. The van der Waals surface area contributed by atoms with Crippen molar-refractivity contribution in [1.29, 1.82) is 0 Å². The van der Waals surface area contributed by atoms with E-state index in [0.29, 0.717) is 31.9 Å². The highest BCUT2D eigenvalue weighted by Gasteiger charge is 2.28. The Balaban J connectivity index is 1.65. The van der Waals surface area contributed by atoms with Gasteiger partial charge in [0.15, 0.2) is 0 Å². The maximum Gasteiger partial charge on any atom is 0.244 e. The number of carbonyl (C=O) groups is 3. The third-order valence-electron chi connectivity index (χ3n) is 4.25. The van der Waals surface area contributed by atoms with Crippen LogP contribution in [0.1, 0.15) is 6.92 Å². The summed E-state index contributed by atoms with van der Waals surface area (Å²) < 4.78 is 0. The van der Waals surface area contributed by atoms with E-state index < -0.39 is 0 Å². The number of carbonyl (C=O) groups excluding carboxylic acids is 3. The molecule has 2 heterocycles. The van der Waals surface area contributed by atoms with Crippen molar-refractivity contribution < 1.29 is 14.4 Å². The van der Waals surface area contributed by atoms with Crippen LogP contribution in [0.3, 0.4) is 0 Å². The molecule has 3 rings (SSSR count). The van der Waals surface area contributed by atoms with Crippen LogP contribution in [0.15, 0.2) is 24.3 Å². The van der Waals surface area contributed by atoms with Gasteiger partial charge >= 0.3 is 0 Å². The second kappa shape index (κ2) is 6.37. The standard InChI is InChI=1S/C16H20N4O3/c1-12(21)19-8-6-18(7-9-19)11-16(23)20-10-15(22)17-13-4-2-3-5-14(13)20/h2-5H,6-11H2,1H3,(H,17,22). The predicted octanol–water partition coefficient (Wildman–Crippen LogP) is 0.136. The lowest BCUT2D eigenvalue weighted by Crippen LogP contribution is -2.52. The highest BCUT2D eigenvalue weighted by molar-refractivity contribution is 6.10. The van der Waals surface area contributed by atoms with Crippen molar-refractivity contribution >= 4 is 29.1 Å². The first-order chi connectivity index (χ1) is 11.0. The molecule has 0 aliphatic carbocycles. The smallest absolute Gasteiger partial charge is 0.244 e. The summed E-state index contributed by atoms with van der Waals surface area (Å²) in [5.74, 6) is -0.209. The molecule has 3 amide bonds. The number of nitrogens with zero attached hydrogens (tertiary/aromatic N) is 3. The highest BCUT2D eigenvalue weighted by atomic mass is 16.2. The molecule has 0 spiro atoms. The molecule has 0 saturated carbocycles. The molecule has 2 aliphatic rings. The molecule has 7 heteroatoms. The molecule has 0 aromatic heterocycles. The fourth-order valence-corrected chi connectivity index (χ4v) is 2.95. The van der Waals surface area contributed by atoms with Gasteiger partial charge in [-0.15, -0.1) is 0 Å². The van der Waals surface area contributed by atoms with Crippen LogP contribution in [-0.2, 0) is 14.4 Å². The van der Waals surface area contributed by atoms with Crippen LogP contribution in [-0.4, -0.2) is 66.8 Å². The second-order valence-electron chi connectivity index (χ2n) is 5.83. The lowest BCUT2D eigenvalue weighted by atomic mass is 10.2. The minimum Gasteiger partial charge on any atom is -0.340 e. The van der Waals surface area contributed by atoms with Gasteiger partial charge in [-0.2, -0.15) is 0 Å². The van der Waals surface area contributed by atoms with E-state index in [9.17, 15) is 14.4 Å². The summed E-state index contributed by atoms with van der Waals surface area (Å²) in [6, 6.07) is 7.30. The average molecular weight is 316 g/mol. The first-order valence-corrected chi connectivity index (χ1v) is 7.72. The quantitative estimate of drug-likeness (QED) is 0.842. The zero-order valence-corrected chi connectivity index (χ0v) is 13.1. The predicted molar refractivity (Wildman–Crippen MR) is 86.1 cm³/mol. The zero-order valence-electron chi connectivity index (χ0n) is 13.1. The fraction of sp³-hybridized carbons (Fsp3) is 0.438. The Morgan fingerprint density at radius 2 is 1.83 bits per heavy atom. The van der Waals surface area contributed by atoms with E-state index in [2.05, 4.69) is 5.32 Å². The van der Waals surface area contributed by atoms with Crippen molar-refractivity contribution in [2.24, 2.45) is 0 Å². The maximum absolute atomic E-state index is 12.6. The largest absolute Gasteiger partial charge is 0.340 e. The number of hydrogen-bond donors (Lipinski definition) is 1. The van der Waals surface area contributed by atoms with Crippen LogP contribution in [0.4, 0.5) is 11.4 Å². The van der Waals surface area contributed by atoms with Gasteiger partial charge in [0.1, 0.15) is 6.54 Å². The number of benzene rings is 1. The monoisotopic (exact) mass is 316 g/mol. The lowest BCUT2D eigenvalue weighted by Gasteiger charge is -2.35. The van der Waals surface area contributed by atoms with Gasteiger partial charge in [0.25, 0.3) is 0 Å². The van der Waals surface area contributed by atoms with Gasteiger partial charge in [0.2, 0.25) is 17.7 Å². The van der Waals surface area contributed by atoms with Crippen molar-refractivity contribution in [3.63, 3.8) is 0 Å². The second-order valence-corrected chi connectivity index (χ2v) is 5.83. The van der Waals surface area contributed by atoms with Crippen LogP contribution in [0.5, 0.6) is 0 Å². The number of anilines is 2. The van der Waals surface area contributed by atoms with Crippen LogP contribution in [0.25, 0.3) is 0 Å². The van der Waals surface area contributed by atoms with E-state index in [1.807, 2.05) is 23.1 Å².